The second-order valence-electron chi connectivity index (χ2n) is 5.94. The Kier molecular flexibility index (Phi) is 3.79. The molecule has 2 rings (SSSR count). The Labute approximate surface area is 123 Å². The molecule has 21 heavy (non-hydrogen) atoms. The minimum Gasteiger partial charge on any atom is -0.493 e. The van der Waals surface area contributed by atoms with E-state index in [4.69, 9.17) is 4.74 Å². The Bertz CT molecular complexity index is 719. The standard InChI is InChI=1S/C14H17NO5S/c1-14(2)7-6-12(20-9-14)10-4-5-11(15(16)17)13(8-10)21(3,18)19/h4-6,8H,7,9H2,1-3H3. The molecule has 1 heterocycles. The van der Waals surface area contributed by atoms with Gasteiger partial charge in [0.05, 0.1) is 11.5 Å². The highest BCUT2D eigenvalue weighted by Gasteiger charge is 2.26. The van der Waals surface area contributed by atoms with E-state index in [1.807, 2.05) is 6.08 Å². The van der Waals surface area contributed by atoms with Gasteiger partial charge in [-0.3, -0.25) is 10.1 Å². The predicted molar refractivity (Wildman–Crippen MR) is 78.5 cm³/mol. The molecule has 6 nitrogen and oxygen atoms in total. The highest BCUT2D eigenvalue weighted by Crippen LogP contribution is 2.34. The summed E-state index contributed by atoms with van der Waals surface area (Å²) < 4.78 is 29.1. The zero-order valence-corrected chi connectivity index (χ0v) is 12.9. The highest BCUT2D eigenvalue weighted by atomic mass is 32.2. The third-order valence-corrected chi connectivity index (χ3v) is 4.42. The Morgan fingerprint density at radius 3 is 2.48 bits per heavy atom. The molecule has 0 N–H and O–H groups in total. The quantitative estimate of drug-likeness (QED) is 0.633. The first-order valence-electron chi connectivity index (χ1n) is 6.42. The molecule has 114 valence electrons. The maximum atomic E-state index is 11.7. The van der Waals surface area contributed by atoms with E-state index in [9.17, 15) is 18.5 Å². The lowest BCUT2D eigenvalue weighted by Crippen LogP contribution is -2.22. The van der Waals surface area contributed by atoms with E-state index >= 15 is 0 Å². The fourth-order valence-corrected chi connectivity index (χ4v) is 2.94. The molecule has 0 amide bonds. The van der Waals surface area contributed by atoms with Gasteiger partial charge in [-0.25, -0.2) is 8.42 Å². The molecule has 1 aliphatic rings. The number of sulfone groups is 1. The molecular weight excluding hydrogens is 294 g/mol. The van der Waals surface area contributed by atoms with Crippen LogP contribution in [-0.2, 0) is 14.6 Å². The zero-order valence-electron chi connectivity index (χ0n) is 12.1. The van der Waals surface area contributed by atoms with E-state index < -0.39 is 20.4 Å². The van der Waals surface area contributed by atoms with Crippen molar-refractivity contribution >= 4 is 21.3 Å². The molecule has 0 saturated heterocycles. The molecule has 0 aromatic heterocycles. The maximum Gasteiger partial charge on any atom is 0.288 e. The van der Waals surface area contributed by atoms with Crippen LogP contribution < -0.4 is 0 Å². The number of nitrogens with zero attached hydrogens (tertiary/aromatic N) is 1. The van der Waals surface area contributed by atoms with Gasteiger partial charge in [0.2, 0.25) is 0 Å². The van der Waals surface area contributed by atoms with Gasteiger partial charge in [0, 0.05) is 23.3 Å². The molecule has 1 aromatic carbocycles. The van der Waals surface area contributed by atoms with Crippen LogP contribution in [0, 0.1) is 15.5 Å². The zero-order chi connectivity index (χ0) is 15.8. The normalized spacial score (nSPS) is 17.8. The summed E-state index contributed by atoms with van der Waals surface area (Å²) in [5, 5.41) is 10.9. The van der Waals surface area contributed by atoms with Crippen molar-refractivity contribution in [3.8, 4) is 0 Å². The third-order valence-electron chi connectivity index (χ3n) is 3.30. The van der Waals surface area contributed by atoms with Crippen molar-refractivity contribution < 1.29 is 18.1 Å². The van der Waals surface area contributed by atoms with E-state index in [-0.39, 0.29) is 10.3 Å². The van der Waals surface area contributed by atoms with E-state index in [1.165, 1.54) is 18.2 Å². The van der Waals surface area contributed by atoms with Crippen molar-refractivity contribution in [1.82, 2.24) is 0 Å². The van der Waals surface area contributed by atoms with Crippen molar-refractivity contribution in [3.63, 3.8) is 0 Å². The molecule has 0 aliphatic carbocycles. The molecule has 0 radical (unpaired) electrons. The number of hydrogen-bond acceptors (Lipinski definition) is 5. The smallest absolute Gasteiger partial charge is 0.288 e. The lowest BCUT2D eigenvalue weighted by molar-refractivity contribution is -0.387. The van der Waals surface area contributed by atoms with E-state index in [1.54, 1.807) is 0 Å². The van der Waals surface area contributed by atoms with Crippen LogP contribution in [0.1, 0.15) is 25.8 Å². The molecule has 0 saturated carbocycles. The van der Waals surface area contributed by atoms with Crippen LogP contribution in [0.25, 0.3) is 5.76 Å². The topological polar surface area (TPSA) is 86.5 Å². The summed E-state index contributed by atoms with van der Waals surface area (Å²) in [6.45, 7) is 4.65. The minimum atomic E-state index is -3.69. The van der Waals surface area contributed by atoms with Crippen LogP contribution in [0.3, 0.4) is 0 Å². The third kappa shape index (κ3) is 3.41. The van der Waals surface area contributed by atoms with Gasteiger partial charge in [0.15, 0.2) is 9.84 Å². The SMILES string of the molecule is CC1(C)CC=C(c2ccc([N+](=O)[O-])c(S(C)(=O)=O)c2)OC1. The van der Waals surface area contributed by atoms with Gasteiger partial charge in [-0.2, -0.15) is 0 Å². The first-order valence-corrected chi connectivity index (χ1v) is 8.31. The summed E-state index contributed by atoms with van der Waals surface area (Å²) >= 11 is 0. The number of ether oxygens (including phenoxy) is 1. The molecule has 1 aromatic rings. The second kappa shape index (κ2) is 5.14. The molecule has 7 heteroatoms. The van der Waals surface area contributed by atoms with Crippen molar-refractivity contribution in [1.29, 1.82) is 0 Å². The van der Waals surface area contributed by atoms with Crippen LogP contribution in [-0.4, -0.2) is 26.2 Å². The summed E-state index contributed by atoms with van der Waals surface area (Å²) in [5.74, 6) is 0.564. The first kappa shape index (κ1) is 15.5. The Hall–Kier alpha value is -1.89. The Balaban J connectivity index is 2.49. The number of allylic oxidation sites excluding steroid dienone is 1. The second-order valence-corrected chi connectivity index (χ2v) is 7.92. The highest BCUT2D eigenvalue weighted by molar-refractivity contribution is 7.90. The Morgan fingerprint density at radius 2 is 2.00 bits per heavy atom. The van der Waals surface area contributed by atoms with Gasteiger partial charge in [0.25, 0.3) is 5.69 Å². The average Bonchev–Trinajstić information content (AvgIpc) is 2.37. The molecular formula is C14H17NO5S. The molecule has 0 atom stereocenters. The van der Waals surface area contributed by atoms with Gasteiger partial charge in [-0.05, 0) is 24.6 Å². The molecule has 0 unspecified atom stereocenters. The van der Waals surface area contributed by atoms with E-state index in [0.29, 0.717) is 17.9 Å². The van der Waals surface area contributed by atoms with E-state index in [2.05, 4.69) is 13.8 Å². The summed E-state index contributed by atoms with van der Waals surface area (Å²) in [7, 11) is -3.69. The summed E-state index contributed by atoms with van der Waals surface area (Å²) in [6, 6.07) is 4.02. The van der Waals surface area contributed by atoms with Crippen molar-refractivity contribution in [2.75, 3.05) is 12.9 Å². The number of nitro groups is 1. The number of hydrogen-bond donors (Lipinski definition) is 0. The number of rotatable bonds is 3. The van der Waals surface area contributed by atoms with Gasteiger partial charge < -0.3 is 4.74 Å². The van der Waals surface area contributed by atoms with Gasteiger partial charge >= 0.3 is 0 Å². The lowest BCUT2D eigenvalue weighted by atomic mass is 9.88. The first-order chi connectivity index (χ1) is 9.60. The molecule has 0 bridgehead atoms. The summed E-state index contributed by atoms with van der Waals surface area (Å²) in [5.41, 5.74) is 0.152. The number of benzene rings is 1. The van der Waals surface area contributed by atoms with E-state index in [0.717, 1.165) is 12.7 Å². The van der Waals surface area contributed by atoms with Gasteiger partial charge in [-0.1, -0.05) is 13.8 Å². The fourth-order valence-electron chi connectivity index (χ4n) is 2.08. The molecule has 0 fully saturated rings. The van der Waals surface area contributed by atoms with Gasteiger partial charge in [0.1, 0.15) is 10.7 Å². The fraction of sp³-hybridized carbons (Fsp3) is 0.429. The van der Waals surface area contributed by atoms with Crippen molar-refractivity contribution in [2.45, 2.75) is 25.2 Å². The predicted octanol–water partition coefficient (Wildman–Crippen LogP) is 2.79. The maximum absolute atomic E-state index is 11.7. The minimum absolute atomic E-state index is 0.0317. The summed E-state index contributed by atoms with van der Waals surface area (Å²) in [4.78, 5) is 9.95. The van der Waals surface area contributed by atoms with Crippen LogP contribution in [0.2, 0.25) is 0 Å². The van der Waals surface area contributed by atoms with Crippen molar-refractivity contribution in [2.24, 2.45) is 5.41 Å². The average molecular weight is 311 g/mol. The molecule has 1 aliphatic heterocycles. The number of nitro benzene ring substituents is 1. The van der Waals surface area contributed by atoms with Crippen LogP contribution >= 0.6 is 0 Å². The van der Waals surface area contributed by atoms with Crippen molar-refractivity contribution in [3.05, 3.63) is 40.0 Å². The monoisotopic (exact) mass is 311 g/mol. The van der Waals surface area contributed by atoms with Crippen LogP contribution in [0.4, 0.5) is 5.69 Å². The molecule has 0 spiro atoms. The Morgan fingerprint density at radius 1 is 1.33 bits per heavy atom. The van der Waals surface area contributed by atoms with Gasteiger partial charge in [-0.15, -0.1) is 0 Å². The van der Waals surface area contributed by atoms with Crippen LogP contribution in [0.15, 0.2) is 29.2 Å². The summed E-state index contributed by atoms with van der Waals surface area (Å²) in [6.07, 6.45) is 3.64. The largest absolute Gasteiger partial charge is 0.493 e. The lowest BCUT2D eigenvalue weighted by Gasteiger charge is -2.29. The van der Waals surface area contributed by atoms with Crippen LogP contribution in [0.5, 0.6) is 0 Å².